The van der Waals surface area contributed by atoms with Gasteiger partial charge in [-0.25, -0.2) is 0 Å². The zero-order valence-corrected chi connectivity index (χ0v) is 25.4. The number of hydrogen-bond donors (Lipinski definition) is 3. The van der Waals surface area contributed by atoms with Crippen molar-refractivity contribution in [2.75, 3.05) is 46.2 Å². The Morgan fingerprint density at radius 2 is 1.77 bits per heavy atom. The number of carbonyl (C=O) groups excluding carboxylic acids is 4. The zero-order chi connectivity index (χ0) is 31.7. The number of fused-ring (bicyclic) bond motifs is 3. The highest BCUT2D eigenvalue weighted by molar-refractivity contribution is 6.25. The highest BCUT2D eigenvalue weighted by atomic mass is 16.3. The highest BCUT2D eigenvalue weighted by Gasteiger charge is 2.61. The van der Waals surface area contributed by atoms with Crippen LogP contribution in [-0.4, -0.2) is 96.3 Å². The molecule has 1 aliphatic heterocycles. The van der Waals surface area contributed by atoms with E-state index in [1.54, 1.807) is 49.0 Å². The lowest BCUT2D eigenvalue weighted by Crippen LogP contribution is -2.63. The number of benzene rings is 1. The van der Waals surface area contributed by atoms with E-state index >= 15 is 0 Å². The van der Waals surface area contributed by atoms with Crippen LogP contribution in [0.15, 0.2) is 33.7 Å². The van der Waals surface area contributed by atoms with E-state index in [1.807, 2.05) is 0 Å². The number of anilines is 1. The molecule has 4 atom stereocenters. The summed E-state index contributed by atoms with van der Waals surface area (Å²) in [5.74, 6) is -4.53. The van der Waals surface area contributed by atoms with Crippen LogP contribution in [-0.2, 0) is 16.0 Å². The summed E-state index contributed by atoms with van der Waals surface area (Å²) in [5.41, 5.74) is 3.54. The fourth-order valence-electron chi connectivity index (χ4n) is 7.68. The molecule has 1 aromatic carbocycles. The molecule has 2 amide bonds. The molecule has 0 bridgehead atoms. The van der Waals surface area contributed by atoms with Crippen LogP contribution < -0.4 is 10.6 Å². The fourth-order valence-corrected chi connectivity index (χ4v) is 7.68. The molecule has 2 unspecified atom stereocenters. The molecule has 0 spiro atoms. The second kappa shape index (κ2) is 10.7. The van der Waals surface area contributed by atoms with Crippen LogP contribution in [0.2, 0.25) is 0 Å². The summed E-state index contributed by atoms with van der Waals surface area (Å²) in [6, 6.07) is 0.704. The quantitative estimate of drug-likeness (QED) is 0.340. The number of rotatable bonds is 5. The van der Waals surface area contributed by atoms with Gasteiger partial charge in [0.05, 0.1) is 17.2 Å². The maximum Gasteiger partial charge on any atom is 0.257 e. The average molecular weight is 594 g/mol. The zero-order valence-electron chi connectivity index (χ0n) is 25.4. The second-order valence-electron chi connectivity index (χ2n) is 12.8. The number of hydrogen-bond acceptors (Lipinski definition) is 10. The van der Waals surface area contributed by atoms with Crippen molar-refractivity contribution in [3.05, 3.63) is 50.1 Å². The number of aromatic hydroxyl groups is 1. The molecule has 0 radical (unpaired) electrons. The third kappa shape index (κ3) is 4.41. The minimum Gasteiger partial charge on any atom is -0.506 e. The number of Topliss-reactive ketones (excluding diaryl/α,β-unsaturated/α-hetero) is 2. The van der Waals surface area contributed by atoms with Gasteiger partial charge in [0.1, 0.15) is 17.0 Å². The van der Waals surface area contributed by atoms with Crippen molar-refractivity contribution in [1.82, 2.24) is 9.80 Å². The Morgan fingerprint density at radius 3 is 2.30 bits per heavy atom. The third-order valence-electron chi connectivity index (χ3n) is 9.94. The summed E-state index contributed by atoms with van der Waals surface area (Å²) in [7, 11) is 6.88. The molecule has 1 heterocycles. The van der Waals surface area contributed by atoms with Crippen molar-refractivity contribution in [2.45, 2.75) is 51.2 Å². The van der Waals surface area contributed by atoms with Crippen molar-refractivity contribution in [2.24, 2.45) is 28.7 Å². The number of nitrogens with zero attached hydrogens (tertiary/aromatic N) is 4. The van der Waals surface area contributed by atoms with Gasteiger partial charge in [-0.2, -0.15) is 0 Å². The molecule has 230 valence electrons. The first-order valence-corrected chi connectivity index (χ1v) is 14.6. The summed E-state index contributed by atoms with van der Waals surface area (Å²) in [4.78, 5) is 71.2. The molecule has 0 saturated carbocycles. The van der Waals surface area contributed by atoms with Gasteiger partial charge in [0.2, 0.25) is 5.78 Å². The highest BCUT2D eigenvalue weighted by Crippen LogP contribution is 2.54. The number of allylic oxidation sites excluding steroid dienone is 1. The summed E-state index contributed by atoms with van der Waals surface area (Å²) >= 11 is 0. The van der Waals surface area contributed by atoms with E-state index in [9.17, 15) is 34.3 Å². The first kappa shape index (κ1) is 30.6. The van der Waals surface area contributed by atoms with Gasteiger partial charge in [-0.1, -0.05) is 6.92 Å². The molecule has 1 saturated heterocycles. The second-order valence-corrected chi connectivity index (χ2v) is 12.8. The Hall–Kier alpha value is -3.90. The lowest BCUT2D eigenvalue weighted by Gasteiger charge is -2.51. The lowest BCUT2D eigenvalue weighted by atomic mass is 9.56. The van der Waals surface area contributed by atoms with E-state index in [0.717, 1.165) is 12.8 Å². The number of phenolic OH excluding ortho intramolecular Hbond substituents is 1. The number of aliphatic hydroxyl groups is 1. The van der Waals surface area contributed by atoms with Gasteiger partial charge in [0.25, 0.3) is 11.8 Å². The van der Waals surface area contributed by atoms with Gasteiger partial charge < -0.3 is 30.6 Å². The molecular formula is C31H39N5O7. The van der Waals surface area contributed by atoms with Gasteiger partial charge >= 0.3 is 0 Å². The van der Waals surface area contributed by atoms with Gasteiger partial charge in [-0.3, -0.25) is 19.2 Å². The molecule has 1 fully saturated rings. The van der Waals surface area contributed by atoms with E-state index in [4.69, 9.17) is 5.73 Å². The molecule has 4 aliphatic rings. The van der Waals surface area contributed by atoms with E-state index < -0.39 is 52.3 Å². The van der Waals surface area contributed by atoms with Crippen LogP contribution in [0, 0.1) is 22.7 Å². The van der Waals surface area contributed by atoms with Crippen LogP contribution in [0.25, 0.3) is 0 Å². The number of nitroso groups, excluding NO2 is 1. The molecule has 3 aliphatic carbocycles. The molecule has 43 heavy (non-hydrogen) atoms. The predicted molar refractivity (Wildman–Crippen MR) is 159 cm³/mol. The number of amides is 2. The average Bonchev–Trinajstić information content (AvgIpc) is 2.94. The summed E-state index contributed by atoms with van der Waals surface area (Å²) in [5, 5.41) is 26.7. The minimum absolute atomic E-state index is 0.0246. The SMILES string of the molecule is CC1=C2C(=O)c3c(O)c(C(=O)N4CCC(C)CC4)cc(N(C)C)c3CC2C[C@H]2C(N(C)C)C(N=O)=C(C(N)=O)C(=O)[C@@]12O. The number of ketones is 2. The molecule has 1 aromatic rings. The lowest BCUT2D eigenvalue weighted by molar-refractivity contribution is -0.142. The van der Waals surface area contributed by atoms with Crippen molar-refractivity contribution in [1.29, 1.82) is 0 Å². The Kier molecular flexibility index (Phi) is 7.58. The molecular weight excluding hydrogens is 554 g/mol. The summed E-state index contributed by atoms with van der Waals surface area (Å²) in [6.45, 7) is 4.69. The maximum absolute atomic E-state index is 14.4. The number of likely N-dealkylation sites (N-methyl/N-ethyl adjacent to an activating group) is 1. The van der Waals surface area contributed by atoms with Gasteiger partial charge in [0, 0.05) is 44.4 Å². The molecule has 12 heteroatoms. The number of likely N-dealkylation sites (tertiary alicyclic amines) is 1. The Labute approximate surface area is 250 Å². The monoisotopic (exact) mass is 593 g/mol. The van der Waals surface area contributed by atoms with Crippen molar-refractivity contribution >= 4 is 29.1 Å². The van der Waals surface area contributed by atoms with Crippen molar-refractivity contribution in [3.8, 4) is 5.75 Å². The fraction of sp³-hybridized carbons (Fsp3) is 0.548. The first-order valence-electron chi connectivity index (χ1n) is 14.6. The van der Waals surface area contributed by atoms with Crippen LogP contribution in [0.3, 0.4) is 0 Å². The van der Waals surface area contributed by atoms with Crippen LogP contribution in [0.5, 0.6) is 5.75 Å². The summed E-state index contributed by atoms with van der Waals surface area (Å²) < 4.78 is 0. The Balaban J connectivity index is 1.69. The predicted octanol–water partition coefficient (Wildman–Crippen LogP) is 1.77. The normalized spacial score (nSPS) is 27.6. The van der Waals surface area contributed by atoms with E-state index in [2.05, 4.69) is 12.1 Å². The van der Waals surface area contributed by atoms with Crippen molar-refractivity contribution < 1.29 is 29.4 Å². The van der Waals surface area contributed by atoms with Gasteiger partial charge in [0.15, 0.2) is 11.4 Å². The maximum atomic E-state index is 14.4. The largest absolute Gasteiger partial charge is 0.506 e. The van der Waals surface area contributed by atoms with Crippen LogP contribution in [0.1, 0.15) is 59.4 Å². The number of primary amides is 1. The number of nitrogens with two attached hydrogens (primary N) is 1. The van der Waals surface area contributed by atoms with Crippen LogP contribution >= 0.6 is 0 Å². The topological polar surface area (TPSA) is 174 Å². The van der Waals surface area contributed by atoms with Crippen molar-refractivity contribution in [3.63, 3.8) is 0 Å². The van der Waals surface area contributed by atoms with E-state index in [1.165, 1.54) is 6.92 Å². The van der Waals surface area contributed by atoms with E-state index in [0.29, 0.717) is 30.3 Å². The van der Waals surface area contributed by atoms with Crippen LogP contribution in [0.4, 0.5) is 5.69 Å². The van der Waals surface area contributed by atoms with Gasteiger partial charge in [-0.15, -0.1) is 4.91 Å². The first-order chi connectivity index (χ1) is 20.2. The Morgan fingerprint density at radius 1 is 1.14 bits per heavy atom. The molecule has 0 aromatic heterocycles. The smallest absolute Gasteiger partial charge is 0.257 e. The number of carbonyl (C=O) groups is 4. The Bertz CT molecular complexity index is 1520. The number of piperidine rings is 1. The molecule has 5 rings (SSSR count). The molecule has 4 N–H and O–H groups in total. The third-order valence-corrected chi connectivity index (χ3v) is 9.94. The minimum atomic E-state index is -2.32. The van der Waals surface area contributed by atoms with Gasteiger partial charge in [-0.05, 0) is 80.9 Å². The standard InChI is InChI=1S/C31H39N5O7/c1-14-7-9-36(10-8-14)30(41)18-13-20(34(3)4)17-11-16-12-19-25(35(5)6)24(33-43)23(29(32)40)28(39)31(19,42)15(2)21(16)27(38)22(17)26(18)37/h13-14,16,19,25,37,42H,7-12H2,1-6H3,(H2,32,40)/t16?,19-,25?,31+/m0/s1. The molecule has 12 nitrogen and oxygen atoms in total. The number of phenols is 1. The summed E-state index contributed by atoms with van der Waals surface area (Å²) in [6.07, 6.45) is 2.08. The van der Waals surface area contributed by atoms with E-state index in [-0.39, 0.29) is 46.7 Å².